The highest BCUT2D eigenvalue weighted by Crippen LogP contribution is 2.30. The summed E-state index contributed by atoms with van der Waals surface area (Å²) in [6.45, 7) is 1.81. The highest BCUT2D eigenvalue weighted by atomic mass is 35.5. The van der Waals surface area contributed by atoms with E-state index in [1.807, 2.05) is 12.3 Å². The number of rotatable bonds is 4. The quantitative estimate of drug-likeness (QED) is 0.829. The third kappa shape index (κ3) is 3.17. The van der Waals surface area contributed by atoms with Gasteiger partial charge in [-0.15, -0.1) is 11.8 Å². The SMILES string of the molecule is CSc1ccc(Cl)c(C(=O)NC2COCC2(C)C(=O)O)c1. The van der Waals surface area contributed by atoms with E-state index in [1.54, 1.807) is 19.1 Å². The van der Waals surface area contributed by atoms with Crippen molar-refractivity contribution in [1.82, 2.24) is 5.32 Å². The first-order valence-corrected chi connectivity index (χ1v) is 7.94. The van der Waals surface area contributed by atoms with Crippen molar-refractivity contribution in [3.05, 3.63) is 28.8 Å². The van der Waals surface area contributed by atoms with Crippen LogP contribution in [0.1, 0.15) is 17.3 Å². The number of hydrogen-bond acceptors (Lipinski definition) is 4. The van der Waals surface area contributed by atoms with E-state index >= 15 is 0 Å². The monoisotopic (exact) mass is 329 g/mol. The molecule has 1 aromatic rings. The number of ether oxygens (including phenoxy) is 1. The lowest BCUT2D eigenvalue weighted by Gasteiger charge is -2.25. The minimum Gasteiger partial charge on any atom is -0.481 e. The summed E-state index contributed by atoms with van der Waals surface area (Å²) in [5, 5.41) is 12.4. The number of carbonyl (C=O) groups excluding carboxylic acids is 1. The molecule has 1 aliphatic heterocycles. The number of carboxylic acid groups (broad SMARTS) is 1. The number of halogens is 1. The average molecular weight is 330 g/mol. The largest absolute Gasteiger partial charge is 0.481 e. The van der Waals surface area contributed by atoms with Gasteiger partial charge in [-0.3, -0.25) is 9.59 Å². The second-order valence-electron chi connectivity index (χ2n) is 5.11. The molecule has 0 saturated carbocycles. The maximum atomic E-state index is 12.3. The van der Waals surface area contributed by atoms with Crippen molar-refractivity contribution < 1.29 is 19.4 Å². The molecule has 21 heavy (non-hydrogen) atoms. The Morgan fingerprint density at radius 3 is 2.86 bits per heavy atom. The molecule has 5 nitrogen and oxygen atoms in total. The summed E-state index contributed by atoms with van der Waals surface area (Å²) in [5.41, 5.74) is -0.789. The number of benzene rings is 1. The van der Waals surface area contributed by atoms with Crippen LogP contribution in [0, 0.1) is 5.41 Å². The van der Waals surface area contributed by atoms with Crippen LogP contribution in [0.3, 0.4) is 0 Å². The summed E-state index contributed by atoms with van der Waals surface area (Å²) in [5.74, 6) is -1.38. The zero-order valence-corrected chi connectivity index (χ0v) is 13.3. The molecular formula is C14H16ClNO4S. The molecule has 0 bridgehead atoms. The van der Waals surface area contributed by atoms with Gasteiger partial charge in [0, 0.05) is 4.90 Å². The highest BCUT2D eigenvalue weighted by molar-refractivity contribution is 7.98. The third-order valence-corrected chi connectivity index (χ3v) is 4.72. The van der Waals surface area contributed by atoms with Crippen molar-refractivity contribution in [2.24, 2.45) is 5.41 Å². The molecule has 0 spiro atoms. The molecule has 0 aromatic heterocycles. The van der Waals surface area contributed by atoms with Crippen LogP contribution in [0.2, 0.25) is 5.02 Å². The fourth-order valence-electron chi connectivity index (χ4n) is 2.13. The van der Waals surface area contributed by atoms with Crippen molar-refractivity contribution in [3.8, 4) is 0 Å². The van der Waals surface area contributed by atoms with E-state index in [0.717, 1.165) is 4.90 Å². The Morgan fingerprint density at radius 2 is 2.24 bits per heavy atom. The van der Waals surface area contributed by atoms with Gasteiger partial charge in [-0.25, -0.2) is 0 Å². The van der Waals surface area contributed by atoms with Gasteiger partial charge in [0.15, 0.2) is 0 Å². The summed E-state index contributed by atoms with van der Waals surface area (Å²) in [6.07, 6.45) is 1.90. The van der Waals surface area contributed by atoms with Crippen molar-refractivity contribution in [2.75, 3.05) is 19.5 Å². The first kappa shape index (κ1) is 16.1. The lowest BCUT2D eigenvalue weighted by atomic mass is 9.85. The zero-order valence-electron chi connectivity index (χ0n) is 11.7. The molecule has 2 atom stereocenters. The van der Waals surface area contributed by atoms with Gasteiger partial charge < -0.3 is 15.2 Å². The number of carbonyl (C=O) groups is 2. The fourth-order valence-corrected chi connectivity index (χ4v) is 2.77. The molecule has 1 amide bonds. The summed E-state index contributed by atoms with van der Waals surface area (Å²) < 4.78 is 5.21. The second kappa shape index (κ2) is 6.25. The number of aliphatic carboxylic acids is 1. The molecule has 1 aromatic carbocycles. The number of hydrogen-bond donors (Lipinski definition) is 2. The standard InChI is InChI=1S/C14H16ClNO4S/c1-14(13(18)19)7-20-6-11(14)16-12(17)9-5-8(21-2)3-4-10(9)15/h3-5,11H,6-7H2,1-2H3,(H,16,17)(H,18,19). The second-order valence-corrected chi connectivity index (χ2v) is 6.40. The van der Waals surface area contributed by atoms with Crippen LogP contribution in [0.25, 0.3) is 0 Å². The fraction of sp³-hybridized carbons (Fsp3) is 0.429. The molecule has 1 saturated heterocycles. The first-order valence-electron chi connectivity index (χ1n) is 6.34. The summed E-state index contributed by atoms with van der Waals surface area (Å²) >= 11 is 7.55. The van der Waals surface area contributed by atoms with Crippen LogP contribution < -0.4 is 5.32 Å². The van der Waals surface area contributed by atoms with Crippen LogP contribution in [-0.4, -0.2) is 42.5 Å². The van der Waals surface area contributed by atoms with E-state index in [-0.39, 0.29) is 19.1 Å². The Kier molecular flexibility index (Phi) is 4.81. The molecule has 1 heterocycles. The van der Waals surface area contributed by atoms with Crippen LogP contribution in [0.5, 0.6) is 0 Å². The van der Waals surface area contributed by atoms with Crippen LogP contribution in [-0.2, 0) is 9.53 Å². The zero-order chi connectivity index (χ0) is 15.6. The molecule has 0 radical (unpaired) electrons. The van der Waals surface area contributed by atoms with E-state index in [0.29, 0.717) is 10.6 Å². The lowest BCUT2D eigenvalue weighted by molar-refractivity contribution is -0.148. The molecule has 2 rings (SSSR count). The minimum atomic E-state index is -1.13. The molecule has 7 heteroatoms. The Bertz CT molecular complexity index is 580. The number of thioether (sulfide) groups is 1. The molecule has 0 aliphatic carbocycles. The maximum Gasteiger partial charge on any atom is 0.313 e. The minimum absolute atomic E-state index is 0.0753. The Hall–Kier alpha value is -1.24. The van der Waals surface area contributed by atoms with Gasteiger partial charge in [-0.05, 0) is 31.4 Å². The van der Waals surface area contributed by atoms with Crippen LogP contribution in [0.4, 0.5) is 0 Å². The van der Waals surface area contributed by atoms with Gasteiger partial charge >= 0.3 is 5.97 Å². The summed E-state index contributed by atoms with van der Waals surface area (Å²) in [6, 6.07) is 4.58. The van der Waals surface area contributed by atoms with Crippen molar-refractivity contribution in [3.63, 3.8) is 0 Å². The molecule has 1 aliphatic rings. The average Bonchev–Trinajstić information content (AvgIpc) is 2.82. The normalized spacial score (nSPS) is 24.8. The molecule has 2 unspecified atom stereocenters. The molecular weight excluding hydrogens is 314 g/mol. The van der Waals surface area contributed by atoms with E-state index in [9.17, 15) is 14.7 Å². The smallest absolute Gasteiger partial charge is 0.313 e. The predicted octanol–water partition coefficient (Wildman–Crippen LogP) is 2.28. The molecule has 2 N–H and O–H groups in total. The van der Waals surface area contributed by atoms with Crippen LogP contribution >= 0.6 is 23.4 Å². The van der Waals surface area contributed by atoms with E-state index in [1.165, 1.54) is 11.8 Å². The lowest BCUT2D eigenvalue weighted by Crippen LogP contribution is -2.49. The predicted molar refractivity (Wildman–Crippen MR) is 81.0 cm³/mol. The number of carboxylic acids is 1. The third-order valence-electron chi connectivity index (χ3n) is 3.67. The van der Waals surface area contributed by atoms with Gasteiger partial charge in [0.05, 0.1) is 29.8 Å². The van der Waals surface area contributed by atoms with Gasteiger partial charge in [-0.1, -0.05) is 11.6 Å². The van der Waals surface area contributed by atoms with Gasteiger partial charge in [0.25, 0.3) is 5.91 Å². The topological polar surface area (TPSA) is 75.6 Å². The van der Waals surface area contributed by atoms with Crippen molar-refractivity contribution >= 4 is 35.2 Å². The van der Waals surface area contributed by atoms with Gasteiger partial charge in [0.2, 0.25) is 0 Å². The summed E-state index contributed by atoms with van der Waals surface area (Å²) in [4.78, 5) is 24.6. The number of amides is 1. The van der Waals surface area contributed by atoms with Crippen molar-refractivity contribution in [2.45, 2.75) is 17.9 Å². The first-order chi connectivity index (χ1) is 9.88. The van der Waals surface area contributed by atoms with Crippen LogP contribution in [0.15, 0.2) is 23.1 Å². The Balaban J connectivity index is 2.20. The van der Waals surface area contributed by atoms with E-state index in [2.05, 4.69) is 5.32 Å². The van der Waals surface area contributed by atoms with E-state index in [4.69, 9.17) is 16.3 Å². The van der Waals surface area contributed by atoms with Gasteiger partial charge in [0.1, 0.15) is 5.41 Å². The molecule has 114 valence electrons. The van der Waals surface area contributed by atoms with Crippen molar-refractivity contribution in [1.29, 1.82) is 0 Å². The summed E-state index contributed by atoms with van der Waals surface area (Å²) in [7, 11) is 0. The maximum absolute atomic E-state index is 12.3. The Labute approximate surface area is 132 Å². The Morgan fingerprint density at radius 1 is 1.52 bits per heavy atom. The molecule has 1 fully saturated rings. The van der Waals surface area contributed by atoms with E-state index < -0.39 is 17.4 Å². The highest BCUT2D eigenvalue weighted by Gasteiger charge is 2.47. The van der Waals surface area contributed by atoms with Gasteiger partial charge in [-0.2, -0.15) is 0 Å². The number of nitrogens with one attached hydrogen (secondary N) is 1.